The highest BCUT2D eigenvalue weighted by molar-refractivity contribution is 7.91. The zero-order valence-electron chi connectivity index (χ0n) is 10.8. The number of hydrogen-bond acceptors (Lipinski definition) is 3. The standard InChI is InChI=1S/C14H17NO2S2/c1-2-3-4-11-5-7-12(8-6-11)13-9-10-18-14(13)19(15,16)17/h5-10H,2-4H2,1H3,(H2,15,16,17). The molecule has 0 saturated carbocycles. The van der Waals surface area contributed by atoms with Crippen LogP contribution in [0.1, 0.15) is 25.3 Å². The Kier molecular flexibility index (Phi) is 4.39. The lowest BCUT2D eigenvalue weighted by molar-refractivity contribution is 0.600. The molecule has 19 heavy (non-hydrogen) atoms. The van der Waals surface area contributed by atoms with Crippen molar-refractivity contribution in [3.63, 3.8) is 0 Å². The fourth-order valence-electron chi connectivity index (χ4n) is 1.96. The highest BCUT2D eigenvalue weighted by Crippen LogP contribution is 2.31. The van der Waals surface area contributed by atoms with Gasteiger partial charge in [0, 0.05) is 5.56 Å². The molecule has 1 heterocycles. The third-order valence-corrected chi connectivity index (χ3v) is 5.40. The number of unbranched alkanes of at least 4 members (excludes halogenated alkanes) is 1. The molecule has 102 valence electrons. The second kappa shape index (κ2) is 5.86. The van der Waals surface area contributed by atoms with Crippen LogP contribution in [0.4, 0.5) is 0 Å². The molecular weight excluding hydrogens is 278 g/mol. The van der Waals surface area contributed by atoms with Crippen LogP contribution >= 0.6 is 11.3 Å². The Bertz CT molecular complexity index is 642. The maximum absolute atomic E-state index is 11.5. The van der Waals surface area contributed by atoms with Gasteiger partial charge in [0.15, 0.2) is 0 Å². The first-order chi connectivity index (χ1) is 9.02. The van der Waals surface area contributed by atoms with Crippen LogP contribution in [0.5, 0.6) is 0 Å². The fourth-order valence-corrected chi connectivity index (χ4v) is 3.80. The number of rotatable bonds is 5. The summed E-state index contributed by atoms with van der Waals surface area (Å²) >= 11 is 1.16. The molecule has 3 nitrogen and oxygen atoms in total. The van der Waals surface area contributed by atoms with Gasteiger partial charge in [-0.3, -0.25) is 0 Å². The summed E-state index contributed by atoms with van der Waals surface area (Å²) < 4.78 is 23.2. The molecule has 0 bridgehead atoms. The molecule has 0 atom stereocenters. The molecule has 2 N–H and O–H groups in total. The lowest BCUT2D eigenvalue weighted by Crippen LogP contribution is -2.11. The summed E-state index contributed by atoms with van der Waals surface area (Å²) in [5.41, 5.74) is 2.86. The van der Waals surface area contributed by atoms with E-state index in [0.29, 0.717) is 5.56 Å². The van der Waals surface area contributed by atoms with E-state index in [1.807, 2.05) is 12.1 Å². The molecule has 0 unspecified atom stereocenters. The van der Waals surface area contributed by atoms with E-state index in [1.165, 1.54) is 18.4 Å². The minimum atomic E-state index is -3.64. The quantitative estimate of drug-likeness (QED) is 0.919. The number of aryl methyl sites for hydroxylation is 1. The highest BCUT2D eigenvalue weighted by Gasteiger charge is 2.16. The summed E-state index contributed by atoms with van der Waals surface area (Å²) in [5.74, 6) is 0. The minimum absolute atomic E-state index is 0.230. The zero-order valence-corrected chi connectivity index (χ0v) is 12.4. The second-order valence-corrected chi connectivity index (χ2v) is 7.14. The van der Waals surface area contributed by atoms with Crippen LogP contribution < -0.4 is 5.14 Å². The Balaban J connectivity index is 2.31. The van der Waals surface area contributed by atoms with E-state index in [4.69, 9.17) is 5.14 Å². The van der Waals surface area contributed by atoms with Gasteiger partial charge >= 0.3 is 0 Å². The highest BCUT2D eigenvalue weighted by atomic mass is 32.2. The van der Waals surface area contributed by atoms with Crippen molar-refractivity contribution in [3.05, 3.63) is 41.3 Å². The van der Waals surface area contributed by atoms with Gasteiger partial charge in [0.25, 0.3) is 0 Å². The van der Waals surface area contributed by atoms with Crippen molar-refractivity contribution in [3.8, 4) is 11.1 Å². The largest absolute Gasteiger partial charge is 0.248 e. The van der Waals surface area contributed by atoms with Gasteiger partial charge in [-0.25, -0.2) is 13.6 Å². The fraction of sp³-hybridized carbons (Fsp3) is 0.286. The molecule has 5 heteroatoms. The summed E-state index contributed by atoms with van der Waals surface area (Å²) in [6.07, 6.45) is 3.39. The van der Waals surface area contributed by atoms with Crippen molar-refractivity contribution in [2.24, 2.45) is 5.14 Å². The van der Waals surface area contributed by atoms with Crippen LogP contribution in [0.25, 0.3) is 11.1 Å². The van der Waals surface area contributed by atoms with Gasteiger partial charge < -0.3 is 0 Å². The SMILES string of the molecule is CCCCc1ccc(-c2ccsc2S(N)(=O)=O)cc1. The van der Waals surface area contributed by atoms with Crippen LogP contribution in [-0.2, 0) is 16.4 Å². The molecule has 0 radical (unpaired) electrons. The van der Waals surface area contributed by atoms with Gasteiger partial charge in [-0.15, -0.1) is 11.3 Å². The van der Waals surface area contributed by atoms with Crippen molar-refractivity contribution < 1.29 is 8.42 Å². The number of sulfonamides is 1. The van der Waals surface area contributed by atoms with Crippen molar-refractivity contribution >= 4 is 21.4 Å². The molecule has 1 aromatic carbocycles. The van der Waals surface area contributed by atoms with E-state index < -0.39 is 10.0 Å². The lowest BCUT2D eigenvalue weighted by Gasteiger charge is -2.04. The van der Waals surface area contributed by atoms with E-state index in [-0.39, 0.29) is 4.21 Å². The first-order valence-electron chi connectivity index (χ1n) is 6.22. The van der Waals surface area contributed by atoms with Gasteiger partial charge in [0.05, 0.1) is 0 Å². The van der Waals surface area contributed by atoms with Crippen LogP contribution in [-0.4, -0.2) is 8.42 Å². The average molecular weight is 295 g/mol. The van der Waals surface area contributed by atoms with Gasteiger partial charge in [0.2, 0.25) is 10.0 Å². The third-order valence-electron chi connectivity index (χ3n) is 2.97. The molecule has 0 fully saturated rings. The van der Waals surface area contributed by atoms with Gasteiger partial charge in [0.1, 0.15) is 4.21 Å². The van der Waals surface area contributed by atoms with Crippen LogP contribution in [0, 0.1) is 0 Å². The first kappa shape index (κ1) is 14.2. The van der Waals surface area contributed by atoms with Crippen molar-refractivity contribution in [2.75, 3.05) is 0 Å². The Morgan fingerprint density at radius 1 is 1.16 bits per heavy atom. The molecule has 0 saturated heterocycles. The molecule has 0 aliphatic heterocycles. The normalized spacial score (nSPS) is 11.7. The minimum Gasteiger partial charge on any atom is -0.224 e. The predicted octanol–water partition coefficient (Wildman–Crippen LogP) is 3.41. The number of benzene rings is 1. The van der Waals surface area contributed by atoms with Crippen LogP contribution in [0.15, 0.2) is 39.9 Å². The Morgan fingerprint density at radius 2 is 1.84 bits per heavy atom. The topological polar surface area (TPSA) is 60.2 Å². The molecule has 0 spiro atoms. The van der Waals surface area contributed by atoms with Crippen molar-refractivity contribution in [1.82, 2.24) is 0 Å². The molecule has 0 amide bonds. The molecule has 2 rings (SSSR count). The summed E-state index contributed by atoms with van der Waals surface area (Å²) in [6.45, 7) is 2.16. The maximum Gasteiger partial charge on any atom is 0.248 e. The molecular formula is C14H17NO2S2. The smallest absolute Gasteiger partial charge is 0.224 e. The second-order valence-electron chi connectivity index (χ2n) is 4.47. The molecule has 0 aliphatic carbocycles. The van der Waals surface area contributed by atoms with Crippen molar-refractivity contribution in [1.29, 1.82) is 0 Å². The average Bonchev–Trinajstić information content (AvgIpc) is 2.86. The number of hydrogen-bond donors (Lipinski definition) is 1. The Morgan fingerprint density at radius 3 is 2.42 bits per heavy atom. The maximum atomic E-state index is 11.5. The molecule has 2 aromatic rings. The zero-order chi connectivity index (χ0) is 13.9. The lowest BCUT2D eigenvalue weighted by atomic mass is 10.0. The van der Waals surface area contributed by atoms with E-state index >= 15 is 0 Å². The van der Waals surface area contributed by atoms with Crippen molar-refractivity contribution in [2.45, 2.75) is 30.4 Å². The Labute approximate surface area is 118 Å². The number of nitrogens with two attached hydrogens (primary N) is 1. The van der Waals surface area contributed by atoms with Gasteiger partial charge in [-0.2, -0.15) is 0 Å². The molecule has 1 aromatic heterocycles. The summed E-state index contributed by atoms with van der Waals surface area (Å²) in [5, 5.41) is 6.97. The first-order valence-corrected chi connectivity index (χ1v) is 8.64. The summed E-state index contributed by atoms with van der Waals surface area (Å²) in [6, 6.07) is 9.82. The monoisotopic (exact) mass is 295 g/mol. The predicted molar refractivity (Wildman–Crippen MR) is 79.7 cm³/mol. The van der Waals surface area contributed by atoms with E-state index in [9.17, 15) is 8.42 Å². The summed E-state index contributed by atoms with van der Waals surface area (Å²) in [7, 11) is -3.64. The van der Waals surface area contributed by atoms with Crippen LogP contribution in [0.2, 0.25) is 0 Å². The van der Waals surface area contributed by atoms with E-state index in [2.05, 4.69) is 19.1 Å². The summed E-state index contributed by atoms with van der Waals surface area (Å²) in [4.78, 5) is 0. The van der Waals surface area contributed by atoms with E-state index in [0.717, 1.165) is 23.3 Å². The number of thiophene rings is 1. The third kappa shape index (κ3) is 3.43. The van der Waals surface area contributed by atoms with E-state index in [1.54, 1.807) is 11.4 Å². The van der Waals surface area contributed by atoms with Gasteiger partial charge in [-0.05, 0) is 35.4 Å². The number of primary sulfonamides is 1. The van der Waals surface area contributed by atoms with Crippen LogP contribution in [0.3, 0.4) is 0 Å². The Hall–Kier alpha value is -1.17. The van der Waals surface area contributed by atoms with Gasteiger partial charge in [-0.1, -0.05) is 37.6 Å². The molecule has 0 aliphatic rings.